The van der Waals surface area contributed by atoms with E-state index in [2.05, 4.69) is 38.1 Å². The van der Waals surface area contributed by atoms with Gasteiger partial charge in [0, 0.05) is 6.92 Å². The molecule has 0 fully saturated rings. The monoisotopic (exact) mass is 159 g/mol. The molecule has 2 radical (unpaired) electrons. The predicted octanol–water partition coefficient (Wildman–Crippen LogP) is 2.80. The smallest absolute Gasteiger partial charge is 0.0632 e. The maximum absolute atomic E-state index is 7.21. The lowest BCUT2D eigenvalue weighted by Gasteiger charge is -1.93. The van der Waals surface area contributed by atoms with Crippen molar-refractivity contribution in [3.63, 3.8) is 0 Å². The first-order chi connectivity index (χ1) is 5.85. The van der Waals surface area contributed by atoms with E-state index < -0.39 is 0 Å². The molecule has 0 spiro atoms. The summed E-state index contributed by atoms with van der Waals surface area (Å²) in [5, 5.41) is 7.21. The summed E-state index contributed by atoms with van der Waals surface area (Å²) in [4.78, 5) is 0. The van der Waals surface area contributed by atoms with E-state index in [1.54, 1.807) is 0 Å². The van der Waals surface area contributed by atoms with Crippen LogP contribution in [0.5, 0.6) is 0 Å². The molecular weight excluding hydrogens is 146 g/mol. The maximum Gasteiger partial charge on any atom is 0.0632 e. The fraction of sp³-hybridized carbons (Fsp3) is 0.182. The van der Waals surface area contributed by atoms with Crippen molar-refractivity contribution in [2.45, 2.75) is 12.8 Å². The summed E-state index contributed by atoms with van der Waals surface area (Å²) in [6, 6.07) is 11.9. The largest absolute Gasteiger partial charge is 0.198 e. The van der Waals surface area contributed by atoms with E-state index in [1.165, 1.54) is 11.6 Å². The Morgan fingerprint density at radius 1 is 1.25 bits per heavy atom. The molecule has 0 saturated carbocycles. The Labute approximate surface area is 74.7 Å². The molecule has 0 aromatic heterocycles. The Morgan fingerprint density at radius 3 is 2.17 bits per heavy atom. The van der Waals surface area contributed by atoms with Crippen LogP contribution in [0.25, 0.3) is 0 Å². The second-order valence-electron chi connectivity index (χ2n) is 2.25. The highest BCUT2D eigenvalue weighted by molar-refractivity contribution is 5.14. The Balaban J connectivity index is 0.000000354. The van der Waals surface area contributed by atoms with Gasteiger partial charge in [-0.25, -0.2) is 0 Å². The Morgan fingerprint density at radius 2 is 1.75 bits per heavy atom. The first kappa shape index (κ1) is 10.7. The van der Waals surface area contributed by atoms with Gasteiger partial charge < -0.3 is 0 Å². The van der Waals surface area contributed by atoms with Gasteiger partial charge in [-0.15, -0.1) is 0 Å². The van der Waals surface area contributed by atoms with Gasteiger partial charge in [-0.1, -0.05) is 37.3 Å². The van der Waals surface area contributed by atoms with Crippen molar-refractivity contribution in [2.24, 2.45) is 0 Å². The van der Waals surface area contributed by atoms with Crippen molar-refractivity contribution in [1.82, 2.24) is 0 Å². The highest BCUT2D eigenvalue weighted by Gasteiger charge is 1.84. The van der Waals surface area contributed by atoms with Crippen LogP contribution >= 0.6 is 0 Å². The average molecular weight is 159 g/mol. The topological polar surface area (TPSA) is 23.8 Å². The van der Waals surface area contributed by atoms with Crippen molar-refractivity contribution in [2.75, 3.05) is 0 Å². The summed E-state index contributed by atoms with van der Waals surface area (Å²) in [5.41, 5.74) is 1.38. The molecule has 1 heteroatoms. The van der Waals surface area contributed by atoms with Crippen LogP contribution in [-0.2, 0) is 6.42 Å². The van der Waals surface area contributed by atoms with E-state index in [-0.39, 0.29) is 0 Å². The van der Waals surface area contributed by atoms with E-state index in [4.69, 9.17) is 5.26 Å². The molecule has 0 atom stereocenters. The number of nitriles is 1. The normalized spacial score (nSPS) is 7.75. The zero-order valence-electron chi connectivity index (χ0n) is 7.16. The van der Waals surface area contributed by atoms with Crippen LogP contribution in [0.4, 0.5) is 0 Å². The van der Waals surface area contributed by atoms with Gasteiger partial charge in [0.1, 0.15) is 0 Å². The molecule has 1 nitrogen and oxygen atoms in total. The van der Waals surface area contributed by atoms with Crippen molar-refractivity contribution in [1.29, 1.82) is 5.26 Å². The number of nitrogens with zero attached hydrogens (tertiary/aromatic N) is 1. The van der Waals surface area contributed by atoms with Gasteiger partial charge in [-0.05, 0) is 18.4 Å². The molecule has 1 aromatic carbocycles. The molecule has 0 aliphatic carbocycles. The number of hydrogen-bond donors (Lipinski definition) is 0. The van der Waals surface area contributed by atoms with Gasteiger partial charge in [-0.2, -0.15) is 5.26 Å². The summed E-state index contributed by atoms with van der Waals surface area (Å²) < 4.78 is 0. The number of rotatable bonds is 2. The van der Waals surface area contributed by atoms with E-state index in [9.17, 15) is 0 Å². The van der Waals surface area contributed by atoms with Crippen LogP contribution in [-0.4, -0.2) is 0 Å². The van der Waals surface area contributed by atoms with E-state index in [0.717, 1.165) is 12.8 Å². The number of benzene rings is 1. The van der Waals surface area contributed by atoms with Gasteiger partial charge in [0.05, 0.1) is 6.07 Å². The molecule has 0 amide bonds. The third kappa shape index (κ3) is 5.49. The SMILES string of the molecule is [CH2]C#N.[CH2]CCc1ccccc1. The molecule has 0 N–H and O–H groups in total. The molecule has 0 saturated heterocycles. The Bertz CT molecular complexity index is 221. The highest BCUT2D eigenvalue weighted by atomic mass is 14.2. The summed E-state index contributed by atoms with van der Waals surface area (Å²) in [5.74, 6) is 0. The van der Waals surface area contributed by atoms with E-state index in [1.807, 2.05) is 6.07 Å². The molecule has 1 rings (SSSR count). The van der Waals surface area contributed by atoms with Crippen molar-refractivity contribution in [3.8, 4) is 6.07 Å². The predicted molar refractivity (Wildman–Crippen MR) is 51.1 cm³/mol. The van der Waals surface area contributed by atoms with Crippen molar-refractivity contribution >= 4 is 0 Å². The minimum absolute atomic E-state index is 0.990. The maximum atomic E-state index is 7.21. The standard InChI is InChI=1S/C9H11.C2H2N/c1-2-6-9-7-4-3-5-8-9;1-2-3/h3-5,7-8H,1-2,6H2;1H2. The molecule has 0 heterocycles. The van der Waals surface area contributed by atoms with Gasteiger partial charge >= 0.3 is 0 Å². The third-order valence-corrected chi connectivity index (χ3v) is 1.31. The number of aryl methyl sites for hydroxylation is 1. The Kier molecular flexibility index (Phi) is 6.97. The summed E-state index contributed by atoms with van der Waals surface area (Å²) in [7, 11) is 0. The molecule has 0 bridgehead atoms. The summed E-state index contributed by atoms with van der Waals surface area (Å²) >= 11 is 0. The minimum Gasteiger partial charge on any atom is -0.198 e. The van der Waals surface area contributed by atoms with Crippen LogP contribution in [0.1, 0.15) is 12.0 Å². The van der Waals surface area contributed by atoms with Crippen LogP contribution in [0.3, 0.4) is 0 Å². The summed E-state index contributed by atoms with van der Waals surface area (Å²) in [6.45, 7) is 6.57. The summed E-state index contributed by atoms with van der Waals surface area (Å²) in [6.07, 6.45) is 2.09. The first-order valence-corrected chi connectivity index (χ1v) is 3.84. The van der Waals surface area contributed by atoms with E-state index in [0.29, 0.717) is 0 Å². The average Bonchev–Trinajstić information content (AvgIpc) is 2.08. The molecule has 0 aliphatic rings. The van der Waals surface area contributed by atoms with Gasteiger partial charge in [0.25, 0.3) is 0 Å². The molecule has 0 unspecified atom stereocenters. The quantitative estimate of drug-likeness (QED) is 0.651. The van der Waals surface area contributed by atoms with Crippen molar-refractivity contribution in [3.05, 3.63) is 49.7 Å². The highest BCUT2D eigenvalue weighted by Crippen LogP contribution is 2.00. The lowest BCUT2D eigenvalue weighted by Crippen LogP contribution is -1.79. The zero-order valence-corrected chi connectivity index (χ0v) is 7.16. The fourth-order valence-electron chi connectivity index (χ4n) is 0.849. The van der Waals surface area contributed by atoms with Crippen molar-refractivity contribution < 1.29 is 0 Å². The van der Waals surface area contributed by atoms with Crippen LogP contribution in [0.2, 0.25) is 0 Å². The number of hydrogen-bond acceptors (Lipinski definition) is 1. The van der Waals surface area contributed by atoms with Crippen LogP contribution < -0.4 is 0 Å². The lowest BCUT2D eigenvalue weighted by atomic mass is 10.1. The molecular formula is C11H13N. The molecule has 1 aromatic rings. The fourth-order valence-corrected chi connectivity index (χ4v) is 0.849. The first-order valence-electron chi connectivity index (χ1n) is 3.84. The molecule has 62 valence electrons. The Hall–Kier alpha value is -1.29. The second kappa shape index (κ2) is 7.81. The second-order valence-corrected chi connectivity index (χ2v) is 2.25. The van der Waals surface area contributed by atoms with Gasteiger partial charge in [0.2, 0.25) is 0 Å². The van der Waals surface area contributed by atoms with Gasteiger partial charge in [0.15, 0.2) is 0 Å². The molecule has 0 aliphatic heterocycles. The van der Waals surface area contributed by atoms with Gasteiger partial charge in [-0.3, -0.25) is 0 Å². The van der Waals surface area contributed by atoms with E-state index >= 15 is 0 Å². The zero-order chi connectivity index (χ0) is 9.23. The minimum atomic E-state index is 0.990. The lowest BCUT2D eigenvalue weighted by molar-refractivity contribution is 1.000. The molecule has 12 heavy (non-hydrogen) atoms. The van der Waals surface area contributed by atoms with Crippen LogP contribution in [0, 0.1) is 25.2 Å². The third-order valence-electron chi connectivity index (χ3n) is 1.31. The van der Waals surface area contributed by atoms with Crippen LogP contribution in [0.15, 0.2) is 30.3 Å².